The average molecular weight is 235 g/mol. The summed E-state index contributed by atoms with van der Waals surface area (Å²) in [7, 11) is 2.80. The van der Waals surface area contributed by atoms with Gasteiger partial charge in [-0.2, -0.15) is 0 Å². The van der Waals surface area contributed by atoms with Gasteiger partial charge >= 0.3 is 5.97 Å². The molecule has 0 aliphatic carbocycles. The molecule has 0 radical (unpaired) electrons. The number of aliphatic hydroxyl groups is 1. The molecular formula is C12H13NO4. The first-order valence-corrected chi connectivity index (χ1v) is 5.09. The van der Waals surface area contributed by atoms with Crippen molar-refractivity contribution in [2.45, 2.75) is 6.10 Å². The van der Waals surface area contributed by atoms with Crippen LogP contribution in [0.1, 0.15) is 11.8 Å². The van der Waals surface area contributed by atoms with E-state index in [-0.39, 0.29) is 0 Å². The van der Waals surface area contributed by atoms with Crippen LogP contribution in [0.4, 0.5) is 0 Å². The molecule has 0 saturated heterocycles. The average Bonchev–Trinajstić information content (AvgIpc) is 2.80. The number of esters is 1. The molecule has 2 aromatic rings. The highest BCUT2D eigenvalue weighted by molar-refractivity contribution is 5.88. The second-order valence-corrected chi connectivity index (χ2v) is 3.57. The zero-order chi connectivity index (χ0) is 12.4. The minimum absolute atomic E-state index is 0.386. The zero-order valence-corrected chi connectivity index (χ0v) is 9.56. The van der Waals surface area contributed by atoms with E-state index in [9.17, 15) is 9.90 Å². The van der Waals surface area contributed by atoms with Crippen LogP contribution in [0.15, 0.2) is 24.3 Å². The lowest BCUT2D eigenvalue weighted by molar-refractivity contribution is -0.150. The van der Waals surface area contributed by atoms with Gasteiger partial charge in [-0.1, -0.05) is 6.07 Å². The van der Waals surface area contributed by atoms with Crippen LogP contribution in [0.5, 0.6) is 5.75 Å². The van der Waals surface area contributed by atoms with Crippen LogP contribution >= 0.6 is 0 Å². The van der Waals surface area contributed by atoms with Gasteiger partial charge in [0.15, 0.2) is 6.10 Å². The predicted molar refractivity (Wildman–Crippen MR) is 61.8 cm³/mol. The highest BCUT2D eigenvalue weighted by Crippen LogP contribution is 2.28. The van der Waals surface area contributed by atoms with Crippen molar-refractivity contribution >= 4 is 16.9 Å². The third-order valence-corrected chi connectivity index (χ3v) is 2.58. The van der Waals surface area contributed by atoms with Crippen molar-refractivity contribution in [3.05, 3.63) is 30.0 Å². The van der Waals surface area contributed by atoms with E-state index in [0.717, 1.165) is 10.9 Å². The Hall–Kier alpha value is -2.01. The number of aromatic nitrogens is 1. The van der Waals surface area contributed by atoms with Crippen molar-refractivity contribution in [3.63, 3.8) is 0 Å². The number of fused-ring (bicyclic) bond motifs is 1. The van der Waals surface area contributed by atoms with E-state index in [4.69, 9.17) is 4.74 Å². The maximum absolute atomic E-state index is 11.2. The van der Waals surface area contributed by atoms with Gasteiger partial charge in [-0.15, -0.1) is 0 Å². The monoisotopic (exact) mass is 235 g/mol. The van der Waals surface area contributed by atoms with E-state index in [1.54, 1.807) is 13.2 Å². The van der Waals surface area contributed by atoms with Gasteiger partial charge in [0.05, 0.1) is 19.9 Å². The van der Waals surface area contributed by atoms with Gasteiger partial charge in [0.1, 0.15) is 5.75 Å². The molecule has 2 rings (SSSR count). The van der Waals surface area contributed by atoms with Crippen LogP contribution in [-0.2, 0) is 9.53 Å². The third-order valence-electron chi connectivity index (χ3n) is 2.58. The lowest BCUT2D eigenvalue weighted by Gasteiger charge is -2.04. The number of benzene rings is 1. The third kappa shape index (κ3) is 1.97. The number of ether oxygens (including phenoxy) is 2. The number of methoxy groups -OCH3 is 2. The van der Waals surface area contributed by atoms with Gasteiger partial charge in [-0.3, -0.25) is 0 Å². The molecule has 0 saturated carbocycles. The van der Waals surface area contributed by atoms with Crippen LogP contribution in [-0.4, -0.2) is 30.3 Å². The molecule has 5 nitrogen and oxygen atoms in total. The first-order chi connectivity index (χ1) is 8.17. The van der Waals surface area contributed by atoms with Crippen LogP contribution in [0.2, 0.25) is 0 Å². The number of aromatic amines is 1. The van der Waals surface area contributed by atoms with Crippen LogP contribution in [0.3, 0.4) is 0 Å². The van der Waals surface area contributed by atoms with E-state index < -0.39 is 12.1 Å². The minimum Gasteiger partial charge on any atom is -0.496 e. The molecule has 1 heterocycles. The second kappa shape index (κ2) is 4.47. The molecule has 0 aliphatic heterocycles. The number of nitrogens with one attached hydrogen (secondary N) is 1. The maximum atomic E-state index is 11.2. The topological polar surface area (TPSA) is 71.6 Å². The summed E-state index contributed by atoms with van der Waals surface area (Å²) in [5.74, 6) is -0.0161. The van der Waals surface area contributed by atoms with Crippen molar-refractivity contribution in [1.82, 2.24) is 4.98 Å². The molecule has 0 bridgehead atoms. The number of carbonyl (C=O) groups excluding carboxylic acids is 1. The molecule has 0 spiro atoms. The smallest absolute Gasteiger partial charge is 0.340 e. The highest BCUT2D eigenvalue weighted by atomic mass is 16.5. The molecule has 0 amide bonds. The Morgan fingerprint density at radius 2 is 2.18 bits per heavy atom. The van der Waals surface area contributed by atoms with Crippen LogP contribution < -0.4 is 4.74 Å². The normalized spacial score (nSPS) is 12.4. The summed E-state index contributed by atoms with van der Waals surface area (Å²) < 4.78 is 9.67. The second-order valence-electron chi connectivity index (χ2n) is 3.57. The van der Waals surface area contributed by atoms with Gasteiger partial charge in [-0.25, -0.2) is 4.79 Å². The highest BCUT2D eigenvalue weighted by Gasteiger charge is 2.20. The van der Waals surface area contributed by atoms with Crippen LogP contribution in [0, 0.1) is 0 Å². The number of carbonyl (C=O) groups is 1. The van der Waals surface area contributed by atoms with Crippen molar-refractivity contribution in [1.29, 1.82) is 0 Å². The Balaban J connectivity index is 2.47. The van der Waals surface area contributed by atoms with Gasteiger partial charge in [0.2, 0.25) is 0 Å². The summed E-state index contributed by atoms with van der Waals surface area (Å²) in [4.78, 5) is 14.2. The maximum Gasteiger partial charge on any atom is 0.340 e. The fourth-order valence-corrected chi connectivity index (χ4v) is 1.71. The number of hydrogen-bond acceptors (Lipinski definition) is 4. The number of rotatable bonds is 3. The fraction of sp³-hybridized carbons (Fsp3) is 0.250. The fourth-order valence-electron chi connectivity index (χ4n) is 1.71. The van der Waals surface area contributed by atoms with Crippen molar-refractivity contribution < 1.29 is 19.4 Å². The first-order valence-electron chi connectivity index (χ1n) is 5.09. The van der Waals surface area contributed by atoms with E-state index in [2.05, 4.69) is 9.72 Å². The van der Waals surface area contributed by atoms with E-state index in [1.165, 1.54) is 7.11 Å². The molecule has 1 aromatic carbocycles. The predicted octanol–water partition coefficient (Wildman–Crippen LogP) is 1.38. The Morgan fingerprint density at radius 1 is 1.41 bits per heavy atom. The van der Waals surface area contributed by atoms with E-state index in [1.807, 2.05) is 18.2 Å². The first kappa shape index (κ1) is 11.5. The molecule has 1 atom stereocenters. The van der Waals surface area contributed by atoms with Crippen molar-refractivity contribution in [2.24, 2.45) is 0 Å². The minimum atomic E-state index is -1.31. The molecule has 90 valence electrons. The molecular weight excluding hydrogens is 222 g/mol. The van der Waals surface area contributed by atoms with Gasteiger partial charge in [-0.05, 0) is 18.2 Å². The Labute approximate surface area is 98.0 Å². The summed E-state index contributed by atoms with van der Waals surface area (Å²) in [6.45, 7) is 0. The SMILES string of the molecule is COC(=O)C(O)c1cc2c(OC)cccc2[nH]1. The number of aliphatic hydroxyl groups excluding tert-OH is 1. The summed E-state index contributed by atoms with van der Waals surface area (Å²) in [5.41, 5.74) is 1.18. The molecule has 2 N–H and O–H groups in total. The number of hydrogen-bond donors (Lipinski definition) is 2. The Morgan fingerprint density at radius 3 is 2.82 bits per heavy atom. The van der Waals surface area contributed by atoms with Crippen molar-refractivity contribution in [2.75, 3.05) is 14.2 Å². The molecule has 0 fully saturated rings. The molecule has 0 aliphatic rings. The molecule has 17 heavy (non-hydrogen) atoms. The Bertz CT molecular complexity index is 546. The lowest BCUT2D eigenvalue weighted by atomic mass is 10.2. The van der Waals surface area contributed by atoms with Gasteiger partial charge in [0.25, 0.3) is 0 Å². The summed E-state index contributed by atoms with van der Waals surface area (Å²) in [6, 6.07) is 7.15. The largest absolute Gasteiger partial charge is 0.496 e. The quantitative estimate of drug-likeness (QED) is 0.788. The molecule has 1 unspecified atom stereocenters. The Kier molecular flexibility index (Phi) is 3.01. The van der Waals surface area contributed by atoms with Gasteiger partial charge in [0, 0.05) is 10.9 Å². The van der Waals surface area contributed by atoms with Crippen LogP contribution in [0.25, 0.3) is 10.9 Å². The zero-order valence-electron chi connectivity index (χ0n) is 9.56. The molecule has 5 heteroatoms. The summed E-state index contributed by atoms with van der Waals surface area (Å²) in [5, 5.41) is 10.5. The number of H-pyrrole nitrogens is 1. The van der Waals surface area contributed by atoms with Crippen molar-refractivity contribution in [3.8, 4) is 5.75 Å². The van der Waals surface area contributed by atoms with Gasteiger partial charge < -0.3 is 19.6 Å². The summed E-state index contributed by atoms with van der Waals surface area (Å²) in [6.07, 6.45) is -1.31. The van der Waals surface area contributed by atoms with E-state index >= 15 is 0 Å². The summed E-state index contributed by atoms with van der Waals surface area (Å²) >= 11 is 0. The molecule has 1 aromatic heterocycles. The van der Waals surface area contributed by atoms with E-state index in [0.29, 0.717) is 11.4 Å². The lowest BCUT2D eigenvalue weighted by Crippen LogP contribution is -2.13. The standard InChI is InChI=1S/C12H13NO4/c1-16-10-5-3-4-8-7(10)6-9(13-8)11(14)12(15)17-2/h3-6,11,13-14H,1-2H3.